The molecule has 36 heavy (non-hydrogen) atoms. The molecule has 3 aromatic rings. The number of esters is 1. The molecule has 192 valence electrons. The molecule has 12 heteroatoms. The van der Waals surface area contributed by atoms with Gasteiger partial charge in [0.15, 0.2) is 5.82 Å². The topological polar surface area (TPSA) is 108 Å². The quantitative estimate of drug-likeness (QED) is 0.403. The number of aromatic amines is 1. The number of carbonyl (C=O) groups excluding carboxylic acids is 1. The van der Waals surface area contributed by atoms with Gasteiger partial charge in [0.05, 0.1) is 24.6 Å². The molecule has 2 aliphatic heterocycles. The van der Waals surface area contributed by atoms with Gasteiger partial charge in [0.1, 0.15) is 11.6 Å². The van der Waals surface area contributed by atoms with Crippen molar-refractivity contribution in [3.63, 3.8) is 0 Å². The second-order valence-corrected chi connectivity index (χ2v) is 9.50. The van der Waals surface area contributed by atoms with E-state index in [4.69, 9.17) is 9.72 Å². The fourth-order valence-electron chi connectivity index (χ4n) is 5.35. The summed E-state index contributed by atoms with van der Waals surface area (Å²) in [6, 6.07) is 5.55. The predicted octanol–water partition coefficient (Wildman–Crippen LogP) is 4.55. The first-order valence-electron chi connectivity index (χ1n) is 12.0. The summed E-state index contributed by atoms with van der Waals surface area (Å²) in [5, 5.41) is 14.4. The highest BCUT2D eigenvalue weighted by molar-refractivity contribution is 5.98. The van der Waals surface area contributed by atoms with Crippen molar-refractivity contribution in [3.8, 4) is 0 Å². The zero-order valence-corrected chi connectivity index (χ0v) is 20.0. The number of nitrogens with one attached hydrogen (secondary N) is 3. The number of nitrogens with zero attached hydrogens (tertiary/aromatic N) is 4. The molecule has 0 spiro atoms. The van der Waals surface area contributed by atoms with E-state index in [0.717, 1.165) is 31.4 Å². The van der Waals surface area contributed by atoms with Crippen LogP contribution in [-0.4, -0.2) is 69.0 Å². The molecule has 5 heterocycles. The number of aryl methyl sites for hydroxylation is 1. The highest BCUT2D eigenvalue weighted by Crippen LogP contribution is 2.38. The number of methoxy groups -OCH3 is 1. The summed E-state index contributed by atoms with van der Waals surface area (Å²) < 4.78 is 43.3. The molecule has 0 radical (unpaired) electrons. The lowest BCUT2D eigenvalue weighted by Gasteiger charge is -2.39. The standard InChI is InChI=1S/C24H28F3N7O2/c1-13-7-21(33-32-13)30-20-11-19-18(8-14(12-28-19)23(35)36-2)22(31-20)29-15-9-16-3-4-17(10-15)34(16)6-5-24(25,26)27/h7-8,11-12,15-17H,3-6,9-10H2,1-2H3,(H3,29,30,31,32,33)/t15?,16-,17+. The average molecular weight is 504 g/mol. The predicted molar refractivity (Wildman–Crippen MR) is 128 cm³/mol. The van der Waals surface area contributed by atoms with Gasteiger partial charge in [0.25, 0.3) is 0 Å². The van der Waals surface area contributed by atoms with E-state index in [-0.39, 0.29) is 24.7 Å². The molecule has 3 atom stereocenters. The maximum Gasteiger partial charge on any atom is 0.390 e. The number of hydrogen-bond donors (Lipinski definition) is 3. The van der Waals surface area contributed by atoms with Crippen molar-refractivity contribution in [3.05, 3.63) is 35.7 Å². The largest absolute Gasteiger partial charge is 0.465 e. The second-order valence-electron chi connectivity index (χ2n) is 9.50. The first kappa shape index (κ1) is 24.3. The molecule has 9 nitrogen and oxygen atoms in total. The molecule has 2 saturated heterocycles. The third-order valence-electron chi connectivity index (χ3n) is 6.94. The molecule has 1 unspecified atom stereocenters. The molecule has 0 aromatic carbocycles. The Labute approximate surface area is 205 Å². The number of halogens is 3. The summed E-state index contributed by atoms with van der Waals surface area (Å²) in [4.78, 5) is 23.3. The Hall–Kier alpha value is -3.41. The lowest BCUT2D eigenvalue weighted by Crippen LogP contribution is -2.47. The van der Waals surface area contributed by atoms with Crippen molar-refractivity contribution in [2.75, 3.05) is 24.3 Å². The van der Waals surface area contributed by atoms with Crippen molar-refractivity contribution in [1.82, 2.24) is 25.1 Å². The number of anilines is 3. The molecule has 3 aromatic heterocycles. The molecule has 0 amide bonds. The van der Waals surface area contributed by atoms with Crippen LogP contribution in [-0.2, 0) is 4.74 Å². The van der Waals surface area contributed by atoms with E-state index >= 15 is 0 Å². The van der Waals surface area contributed by atoms with E-state index in [1.165, 1.54) is 13.3 Å². The van der Waals surface area contributed by atoms with Crippen LogP contribution >= 0.6 is 0 Å². The van der Waals surface area contributed by atoms with Crippen LogP contribution in [0, 0.1) is 6.92 Å². The summed E-state index contributed by atoms with van der Waals surface area (Å²) in [6.45, 7) is 1.94. The van der Waals surface area contributed by atoms with Crippen molar-refractivity contribution >= 4 is 34.3 Å². The van der Waals surface area contributed by atoms with Gasteiger partial charge in [-0.3, -0.25) is 15.0 Å². The fraction of sp³-hybridized carbons (Fsp3) is 0.500. The van der Waals surface area contributed by atoms with Crippen LogP contribution < -0.4 is 10.6 Å². The van der Waals surface area contributed by atoms with Crippen LogP contribution in [0.2, 0.25) is 0 Å². The summed E-state index contributed by atoms with van der Waals surface area (Å²) in [5.74, 6) is 1.18. The lowest BCUT2D eigenvalue weighted by atomic mass is 9.96. The van der Waals surface area contributed by atoms with Gasteiger partial charge in [-0.1, -0.05) is 0 Å². The number of alkyl halides is 3. The maximum absolute atomic E-state index is 12.8. The second kappa shape index (κ2) is 9.57. The van der Waals surface area contributed by atoms with E-state index in [9.17, 15) is 18.0 Å². The molecular formula is C24H28F3N7O2. The highest BCUT2D eigenvalue weighted by Gasteiger charge is 2.42. The smallest absolute Gasteiger partial charge is 0.390 e. The van der Waals surface area contributed by atoms with Crippen LogP contribution in [0.5, 0.6) is 0 Å². The number of hydrogen-bond acceptors (Lipinski definition) is 8. The first-order chi connectivity index (χ1) is 17.2. The molecule has 3 N–H and O–H groups in total. The molecule has 5 rings (SSSR count). The van der Waals surface area contributed by atoms with E-state index < -0.39 is 18.6 Å². The minimum atomic E-state index is -4.15. The molecule has 0 aliphatic carbocycles. The number of carbonyl (C=O) groups is 1. The first-order valence-corrected chi connectivity index (χ1v) is 12.0. The molecule has 2 aliphatic rings. The van der Waals surface area contributed by atoms with Gasteiger partial charge in [-0.15, -0.1) is 0 Å². The number of pyridine rings is 2. The molecule has 2 bridgehead atoms. The summed E-state index contributed by atoms with van der Waals surface area (Å²) in [7, 11) is 1.31. The number of ether oxygens (including phenoxy) is 1. The van der Waals surface area contributed by atoms with Crippen molar-refractivity contribution in [1.29, 1.82) is 0 Å². The number of aromatic nitrogens is 4. The average Bonchev–Trinajstić information content (AvgIpc) is 3.35. The summed E-state index contributed by atoms with van der Waals surface area (Å²) >= 11 is 0. The molecular weight excluding hydrogens is 475 g/mol. The minimum absolute atomic E-state index is 0.0324. The van der Waals surface area contributed by atoms with Gasteiger partial charge in [0, 0.05) is 54.1 Å². The minimum Gasteiger partial charge on any atom is -0.465 e. The zero-order valence-electron chi connectivity index (χ0n) is 20.0. The van der Waals surface area contributed by atoms with Crippen LogP contribution in [0.4, 0.5) is 30.6 Å². The van der Waals surface area contributed by atoms with E-state index in [2.05, 4.69) is 25.8 Å². The zero-order chi connectivity index (χ0) is 25.4. The van der Waals surface area contributed by atoms with Crippen molar-refractivity contribution < 1.29 is 22.7 Å². The van der Waals surface area contributed by atoms with Gasteiger partial charge < -0.3 is 15.4 Å². The number of H-pyrrole nitrogens is 1. The van der Waals surface area contributed by atoms with E-state index in [1.54, 1.807) is 12.1 Å². The third kappa shape index (κ3) is 5.23. The Morgan fingerprint density at radius 1 is 1.19 bits per heavy atom. The van der Waals surface area contributed by atoms with Gasteiger partial charge in [-0.25, -0.2) is 9.78 Å². The Kier molecular flexibility index (Phi) is 6.45. The maximum atomic E-state index is 12.8. The van der Waals surface area contributed by atoms with Gasteiger partial charge in [-0.05, 0) is 38.7 Å². The summed E-state index contributed by atoms with van der Waals surface area (Å²) in [6.07, 6.45) is -0.254. The Bertz CT molecular complexity index is 1250. The van der Waals surface area contributed by atoms with Crippen LogP contribution in [0.1, 0.15) is 48.2 Å². The molecule has 2 fully saturated rings. The monoisotopic (exact) mass is 503 g/mol. The van der Waals surface area contributed by atoms with E-state index in [0.29, 0.717) is 33.9 Å². The van der Waals surface area contributed by atoms with Crippen LogP contribution in [0.25, 0.3) is 10.9 Å². The number of rotatable bonds is 7. The molecule has 0 saturated carbocycles. The fourth-order valence-corrected chi connectivity index (χ4v) is 5.35. The Morgan fingerprint density at radius 2 is 1.94 bits per heavy atom. The number of piperidine rings is 1. The van der Waals surface area contributed by atoms with Gasteiger partial charge in [0.2, 0.25) is 0 Å². The van der Waals surface area contributed by atoms with Crippen molar-refractivity contribution in [2.24, 2.45) is 0 Å². The van der Waals surface area contributed by atoms with Gasteiger partial charge in [-0.2, -0.15) is 18.3 Å². The Morgan fingerprint density at radius 3 is 2.58 bits per heavy atom. The van der Waals surface area contributed by atoms with Crippen LogP contribution in [0.3, 0.4) is 0 Å². The SMILES string of the molecule is COC(=O)c1cnc2cc(Nc3cc(C)[nH]n3)nc(NC3C[C@H]4CC[C@@H](C3)N4CCC(F)(F)F)c2c1. The van der Waals surface area contributed by atoms with E-state index in [1.807, 2.05) is 17.9 Å². The van der Waals surface area contributed by atoms with Gasteiger partial charge >= 0.3 is 12.1 Å². The lowest BCUT2D eigenvalue weighted by molar-refractivity contribution is -0.140. The third-order valence-corrected chi connectivity index (χ3v) is 6.94. The highest BCUT2D eigenvalue weighted by atomic mass is 19.4. The van der Waals surface area contributed by atoms with Crippen molar-refractivity contribution in [2.45, 2.75) is 63.3 Å². The number of fused-ring (bicyclic) bond motifs is 3. The summed E-state index contributed by atoms with van der Waals surface area (Å²) in [5.41, 5.74) is 1.83. The van der Waals surface area contributed by atoms with Crippen LogP contribution in [0.15, 0.2) is 24.4 Å². The Balaban J connectivity index is 1.41. The normalized spacial score (nSPS) is 22.1.